The van der Waals surface area contributed by atoms with Gasteiger partial charge in [0.15, 0.2) is 10.8 Å². The molecule has 7 heteroatoms. The van der Waals surface area contributed by atoms with E-state index in [0.717, 1.165) is 30.2 Å². The van der Waals surface area contributed by atoms with E-state index in [9.17, 15) is 4.21 Å². The quantitative estimate of drug-likeness (QED) is 0.845. The predicted octanol–water partition coefficient (Wildman–Crippen LogP) is 2.42. The zero-order valence-corrected chi connectivity index (χ0v) is 13.2. The minimum absolute atomic E-state index is 0.148. The van der Waals surface area contributed by atoms with Gasteiger partial charge in [0, 0.05) is 35.2 Å². The molecule has 1 saturated heterocycles. The van der Waals surface area contributed by atoms with Crippen molar-refractivity contribution in [3.63, 3.8) is 0 Å². The second-order valence-electron chi connectivity index (χ2n) is 4.96. The number of ether oxygens (including phenoxy) is 1. The lowest BCUT2D eigenvalue weighted by Crippen LogP contribution is -2.25. The van der Waals surface area contributed by atoms with Crippen LogP contribution in [0.1, 0.15) is 25.0 Å². The van der Waals surface area contributed by atoms with E-state index in [-0.39, 0.29) is 6.10 Å². The maximum absolute atomic E-state index is 12.2. The molecule has 0 spiro atoms. The van der Waals surface area contributed by atoms with E-state index in [1.54, 1.807) is 18.5 Å². The van der Waals surface area contributed by atoms with Crippen LogP contribution in [0.2, 0.25) is 0 Å². The van der Waals surface area contributed by atoms with Gasteiger partial charge in [-0.05, 0) is 25.3 Å². The molecule has 112 valence electrons. The fraction of sp³-hybridized carbons (Fsp3) is 0.500. The highest BCUT2D eigenvalue weighted by Gasteiger charge is 2.18. The normalized spacial score (nSPS) is 20.3. The first-order valence-corrected chi connectivity index (χ1v) is 9.36. The lowest BCUT2D eigenvalue weighted by molar-refractivity contribution is 0.0310. The number of aromatic nitrogens is 3. The molecule has 0 aromatic carbocycles. The highest BCUT2D eigenvalue weighted by Crippen LogP contribution is 2.21. The molecule has 1 aliphatic rings. The Morgan fingerprint density at radius 1 is 1.33 bits per heavy atom. The Morgan fingerprint density at radius 2 is 2.19 bits per heavy atom. The van der Waals surface area contributed by atoms with Crippen LogP contribution in [0.3, 0.4) is 0 Å². The summed E-state index contributed by atoms with van der Waals surface area (Å²) in [7, 11) is -0.933. The summed E-state index contributed by atoms with van der Waals surface area (Å²) in [5.41, 5.74) is 0.844. The van der Waals surface area contributed by atoms with Crippen LogP contribution in [0.15, 0.2) is 23.8 Å². The van der Waals surface area contributed by atoms with Gasteiger partial charge in [-0.1, -0.05) is 0 Å². The van der Waals surface area contributed by atoms with Gasteiger partial charge in [0.1, 0.15) is 0 Å². The summed E-state index contributed by atoms with van der Waals surface area (Å²) < 4.78 is 17.8. The van der Waals surface area contributed by atoms with Crippen LogP contribution >= 0.6 is 11.3 Å². The van der Waals surface area contributed by atoms with Crippen LogP contribution in [0, 0.1) is 0 Å². The predicted molar refractivity (Wildman–Crippen MR) is 83.4 cm³/mol. The van der Waals surface area contributed by atoms with E-state index in [2.05, 4.69) is 15.0 Å². The van der Waals surface area contributed by atoms with Crippen molar-refractivity contribution < 1.29 is 8.95 Å². The molecule has 2 aromatic heterocycles. The first-order valence-electron chi connectivity index (χ1n) is 6.99. The Labute approximate surface area is 130 Å². The molecule has 3 heterocycles. The third-order valence-corrected chi connectivity index (χ3v) is 5.51. The van der Waals surface area contributed by atoms with Crippen LogP contribution < -0.4 is 0 Å². The second kappa shape index (κ2) is 7.20. The van der Waals surface area contributed by atoms with Crippen molar-refractivity contribution in [2.45, 2.75) is 31.1 Å². The Morgan fingerprint density at radius 3 is 2.95 bits per heavy atom. The SMILES string of the molecule is O=[S@@](Cc1csc(-c2ncccn2)n1)C[C@@H]1CCCCO1. The van der Waals surface area contributed by atoms with Crippen molar-refractivity contribution in [2.75, 3.05) is 12.4 Å². The zero-order chi connectivity index (χ0) is 14.5. The molecule has 0 bridgehead atoms. The van der Waals surface area contributed by atoms with E-state index in [0.29, 0.717) is 17.3 Å². The summed E-state index contributed by atoms with van der Waals surface area (Å²) in [5.74, 6) is 1.70. The topological polar surface area (TPSA) is 65.0 Å². The largest absolute Gasteiger partial charge is 0.377 e. The summed E-state index contributed by atoms with van der Waals surface area (Å²) in [6.45, 7) is 0.800. The van der Waals surface area contributed by atoms with Gasteiger partial charge in [-0.15, -0.1) is 11.3 Å². The molecule has 1 aliphatic heterocycles. The molecule has 2 aromatic rings. The van der Waals surface area contributed by atoms with Gasteiger partial charge in [-0.3, -0.25) is 4.21 Å². The molecule has 0 unspecified atom stereocenters. The molecule has 3 rings (SSSR count). The van der Waals surface area contributed by atoms with Crippen molar-refractivity contribution in [1.29, 1.82) is 0 Å². The average Bonchev–Trinajstić information content (AvgIpc) is 2.97. The molecule has 21 heavy (non-hydrogen) atoms. The van der Waals surface area contributed by atoms with Gasteiger partial charge in [-0.2, -0.15) is 0 Å². The van der Waals surface area contributed by atoms with E-state index >= 15 is 0 Å². The van der Waals surface area contributed by atoms with Gasteiger partial charge in [0.25, 0.3) is 0 Å². The number of hydrogen-bond donors (Lipinski definition) is 0. The summed E-state index contributed by atoms with van der Waals surface area (Å²) in [4.78, 5) is 12.8. The van der Waals surface area contributed by atoms with Crippen LogP contribution in [0.5, 0.6) is 0 Å². The van der Waals surface area contributed by atoms with Crippen LogP contribution in [-0.4, -0.2) is 37.6 Å². The maximum atomic E-state index is 12.2. The molecule has 0 amide bonds. The van der Waals surface area contributed by atoms with Crippen molar-refractivity contribution >= 4 is 22.1 Å². The maximum Gasteiger partial charge on any atom is 0.188 e. The van der Waals surface area contributed by atoms with E-state index < -0.39 is 10.8 Å². The van der Waals surface area contributed by atoms with Gasteiger partial charge in [0.2, 0.25) is 0 Å². The molecule has 0 aliphatic carbocycles. The standard InChI is InChI=1S/C14H17N3O2S2/c18-21(10-12-4-1-2-7-19-12)9-11-8-20-14(17-11)13-15-5-3-6-16-13/h3,5-6,8,12H,1-2,4,7,9-10H2/t12-,21-/m0/s1. The Kier molecular flexibility index (Phi) is 5.05. The second-order valence-corrected chi connectivity index (χ2v) is 7.32. The first-order chi connectivity index (χ1) is 10.3. The van der Waals surface area contributed by atoms with E-state index in [1.807, 2.05) is 5.38 Å². The molecular formula is C14H17N3O2S2. The Hall–Kier alpha value is -1.18. The minimum atomic E-state index is -0.933. The van der Waals surface area contributed by atoms with Crippen molar-refractivity contribution in [3.05, 3.63) is 29.5 Å². The monoisotopic (exact) mass is 323 g/mol. The fourth-order valence-electron chi connectivity index (χ4n) is 2.26. The lowest BCUT2D eigenvalue weighted by atomic mass is 10.1. The average molecular weight is 323 g/mol. The number of rotatable bonds is 5. The van der Waals surface area contributed by atoms with Gasteiger partial charge in [-0.25, -0.2) is 15.0 Å². The zero-order valence-electron chi connectivity index (χ0n) is 11.6. The molecule has 1 fully saturated rings. The summed E-state index contributed by atoms with van der Waals surface area (Å²) >= 11 is 1.49. The summed E-state index contributed by atoms with van der Waals surface area (Å²) in [6.07, 6.45) is 6.86. The molecule has 0 saturated carbocycles. The summed E-state index contributed by atoms with van der Waals surface area (Å²) in [6, 6.07) is 1.78. The molecule has 2 atom stereocenters. The van der Waals surface area contributed by atoms with Crippen molar-refractivity contribution in [1.82, 2.24) is 15.0 Å². The molecule has 0 radical (unpaired) electrons. The smallest absolute Gasteiger partial charge is 0.188 e. The first kappa shape index (κ1) is 14.7. The van der Waals surface area contributed by atoms with Crippen LogP contribution in [-0.2, 0) is 21.3 Å². The van der Waals surface area contributed by atoms with Gasteiger partial charge >= 0.3 is 0 Å². The summed E-state index contributed by atoms with van der Waals surface area (Å²) in [5, 5.41) is 2.71. The van der Waals surface area contributed by atoms with Crippen molar-refractivity contribution in [2.24, 2.45) is 0 Å². The Balaban J connectivity index is 1.58. The van der Waals surface area contributed by atoms with E-state index in [4.69, 9.17) is 4.74 Å². The van der Waals surface area contributed by atoms with Gasteiger partial charge in [0.05, 0.1) is 23.3 Å². The third kappa shape index (κ3) is 4.15. The minimum Gasteiger partial charge on any atom is -0.377 e. The van der Waals surface area contributed by atoms with Crippen LogP contribution in [0.4, 0.5) is 0 Å². The number of hydrogen-bond acceptors (Lipinski definition) is 6. The van der Waals surface area contributed by atoms with Crippen molar-refractivity contribution in [3.8, 4) is 10.8 Å². The molecular weight excluding hydrogens is 306 g/mol. The third-order valence-electron chi connectivity index (χ3n) is 3.26. The molecule has 0 N–H and O–H groups in total. The van der Waals surface area contributed by atoms with Crippen LogP contribution in [0.25, 0.3) is 10.8 Å². The van der Waals surface area contributed by atoms with E-state index in [1.165, 1.54) is 17.8 Å². The number of thiazole rings is 1. The highest BCUT2D eigenvalue weighted by atomic mass is 32.2. The van der Waals surface area contributed by atoms with Gasteiger partial charge < -0.3 is 4.74 Å². The lowest BCUT2D eigenvalue weighted by Gasteiger charge is -2.21. The number of nitrogens with zero attached hydrogens (tertiary/aromatic N) is 3. The highest BCUT2D eigenvalue weighted by molar-refractivity contribution is 7.84. The molecule has 5 nitrogen and oxygen atoms in total. The Bertz CT molecular complexity index is 597. The fourth-order valence-corrected chi connectivity index (χ4v) is 4.40.